The first-order valence-corrected chi connectivity index (χ1v) is 7.53. The number of nitriles is 1. The van der Waals surface area contributed by atoms with Gasteiger partial charge in [-0.2, -0.15) is 5.26 Å². The van der Waals surface area contributed by atoms with Gasteiger partial charge in [0.25, 0.3) is 0 Å². The Morgan fingerprint density at radius 3 is 2.91 bits per heavy atom. The molecule has 0 aromatic heterocycles. The van der Waals surface area contributed by atoms with Crippen molar-refractivity contribution in [1.82, 2.24) is 5.32 Å². The number of nitrogens with one attached hydrogen (secondary N) is 1. The van der Waals surface area contributed by atoms with Gasteiger partial charge >= 0.3 is 0 Å². The van der Waals surface area contributed by atoms with E-state index < -0.39 is 12.6 Å². The molecule has 118 valence electrons. The Hall–Kier alpha value is -2.22. The minimum Gasteiger partial charge on any atom is -0.361 e. The van der Waals surface area contributed by atoms with Gasteiger partial charge in [0.05, 0.1) is 18.2 Å². The van der Waals surface area contributed by atoms with Crippen LogP contribution in [-0.2, 0) is 16.9 Å². The second-order valence-corrected chi connectivity index (χ2v) is 5.64. The SMILES string of the molecule is [2H]C([2H])([2H])NCCCC1(c2ccc(F)cc2)OCc2cc(C#N)ccc21. The van der Waals surface area contributed by atoms with Crippen LogP contribution in [0.15, 0.2) is 42.5 Å². The number of hydrogen-bond acceptors (Lipinski definition) is 3. The normalized spacial score (nSPS) is 21.8. The van der Waals surface area contributed by atoms with Gasteiger partial charge in [-0.15, -0.1) is 0 Å². The second kappa shape index (κ2) is 6.49. The van der Waals surface area contributed by atoms with E-state index in [9.17, 15) is 4.39 Å². The van der Waals surface area contributed by atoms with E-state index in [0.29, 0.717) is 31.6 Å². The van der Waals surface area contributed by atoms with Crippen LogP contribution in [0.3, 0.4) is 0 Å². The molecule has 1 atom stereocenters. The minimum atomic E-state index is -2.18. The Morgan fingerprint density at radius 1 is 1.35 bits per heavy atom. The smallest absolute Gasteiger partial charge is 0.123 e. The highest BCUT2D eigenvalue weighted by molar-refractivity contribution is 5.47. The van der Waals surface area contributed by atoms with Gasteiger partial charge in [-0.1, -0.05) is 18.2 Å². The molecule has 3 rings (SSSR count). The molecule has 2 aromatic rings. The molecule has 0 radical (unpaired) electrons. The fraction of sp³-hybridized carbons (Fsp3) is 0.316. The number of nitrogens with zero attached hydrogens (tertiary/aromatic N) is 1. The van der Waals surface area contributed by atoms with Crippen molar-refractivity contribution in [3.8, 4) is 6.07 Å². The van der Waals surface area contributed by atoms with E-state index in [0.717, 1.165) is 16.7 Å². The van der Waals surface area contributed by atoms with Crippen molar-refractivity contribution in [2.45, 2.75) is 25.0 Å². The predicted octanol–water partition coefficient (Wildman–Crippen LogP) is 3.47. The number of fused-ring (bicyclic) bond motifs is 1. The van der Waals surface area contributed by atoms with Gasteiger partial charge in [-0.05, 0) is 67.3 Å². The van der Waals surface area contributed by atoms with Crippen molar-refractivity contribution in [1.29, 1.82) is 5.26 Å². The van der Waals surface area contributed by atoms with Crippen molar-refractivity contribution >= 4 is 0 Å². The van der Waals surface area contributed by atoms with E-state index in [4.69, 9.17) is 14.1 Å². The molecule has 1 aliphatic rings. The fourth-order valence-electron chi connectivity index (χ4n) is 3.19. The average Bonchev–Trinajstić information content (AvgIpc) is 2.97. The Bertz CT molecular complexity index is 830. The van der Waals surface area contributed by atoms with Gasteiger partial charge in [0.15, 0.2) is 0 Å². The van der Waals surface area contributed by atoms with Crippen molar-refractivity contribution in [3.63, 3.8) is 0 Å². The van der Waals surface area contributed by atoms with E-state index in [1.807, 2.05) is 6.07 Å². The van der Waals surface area contributed by atoms with Crippen molar-refractivity contribution < 1.29 is 13.2 Å². The molecule has 2 aromatic carbocycles. The first-order valence-electron chi connectivity index (χ1n) is 9.03. The number of hydrogen-bond donors (Lipinski definition) is 1. The monoisotopic (exact) mass is 313 g/mol. The molecule has 0 saturated carbocycles. The molecule has 1 heterocycles. The molecular weight excluding hydrogens is 291 g/mol. The summed E-state index contributed by atoms with van der Waals surface area (Å²) in [6.07, 6.45) is 1.11. The summed E-state index contributed by atoms with van der Waals surface area (Å²) in [5.74, 6) is -0.328. The molecular formula is C19H19FN2O. The maximum absolute atomic E-state index is 13.4. The van der Waals surface area contributed by atoms with Crippen LogP contribution in [0.1, 0.15) is 39.2 Å². The number of benzene rings is 2. The lowest BCUT2D eigenvalue weighted by atomic mass is 9.81. The summed E-state index contributed by atoms with van der Waals surface area (Å²) in [4.78, 5) is 0. The molecule has 4 heteroatoms. The molecule has 3 nitrogen and oxygen atoms in total. The van der Waals surface area contributed by atoms with Gasteiger partial charge in [-0.3, -0.25) is 0 Å². The molecule has 1 unspecified atom stereocenters. The number of ether oxygens (including phenoxy) is 1. The first-order chi connectivity index (χ1) is 12.3. The van der Waals surface area contributed by atoms with Crippen molar-refractivity contribution in [2.24, 2.45) is 0 Å². The summed E-state index contributed by atoms with van der Waals surface area (Å²) >= 11 is 0. The number of rotatable bonds is 5. The van der Waals surface area contributed by atoms with Crippen molar-refractivity contribution in [2.75, 3.05) is 13.5 Å². The maximum Gasteiger partial charge on any atom is 0.123 e. The molecule has 1 aliphatic heterocycles. The van der Waals surface area contributed by atoms with Crippen LogP contribution in [0.4, 0.5) is 4.39 Å². The summed E-state index contributed by atoms with van der Waals surface area (Å²) in [5.41, 5.74) is 2.48. The van der Waals surface area contributed by atoms with Gasteiger partial charge in [0, 0.05) is 4.11 Å². The molecule has 0 bridgehead atoms. The predicted molar refractivity (Wildman–Crippen MR) is 86.3 cm³/mol. The summed E-state index contributed by atoms with van der Waals surface area (Å²) in [6, 6.07) is 13.7. The maximum atomic E-state index is 13.4. The lowest BCUT2D eigenvalue weighted by molar-refractivity contribution is -0.0128. The fourth-order valence-corrected chi connectivity index (χ4v) is 3.19. The molecule has 1 N–H and O–H groups in total. The minimum absolute atomic E-state index is 0.314. The van der Waals surface area contributed by atoms with E-state index in [2.05, 4.69) is 11.4 Å². The highest BCUT2D eigenvalue weighted by Crippen LogP contribution is 2.45. The van der Waals surface area contributed by atoms with E-state index in [-0.39, 0.29) is 5.82 Å². The largest absolute Gasteiger partial charge is 0.361 e. The van der Waals surface area contributed by atoms with Crippen LogP contribution < -0.4 is 5.32 Å². The summed E-state index contributed by atoms with van der Waals surface area (Å²) in [6.45, 7) is -1.51. The topological polar surface area (TPSA) is 45.0 Å². The lowest BCUT2D eigenvalue weighted by Gasteiger charge is -2.30. The Morgan fingerprint density at radius 2 is 2.17 bits per heavy atom. The summed E-state index contributed by atoms with van der Waals surface area (Å²) < 4.78 is 41.3. The number of halogens is 1. The quantitative estimate of drug-likeness (QED) is 0.860. The molecule has 0 aliphatic carbocycles. The third kappa shape index (κ3) is 2.86. The highest BCUT2D eigenvalue weighted by atomic mass is 19.1. The Labute approximate surface area is 139 Å². The zero-order valence-electron chi connectivity index (χ0n) is 15.6. The summed E-state index contributed by atoms with van der Waals surface area (Å²) in [7, 11) is 0. The van der Waals surface area contributed by atoms with Gasteiger partial charge in [-0.25, -0.2) is 4.39 Å². The summed E-state index contributed by atoms with van der Waals surface area (Å²) in [5, 5.41) is 11.6. The second-order valence-electron chi connectivity index (χ2n) is 5.64. The van der Waals surface area contributed by atoms with Crippen LogP contribution in [0, 0.1) is 17.1 Å². The first kappa shape index (κ1) is 12.2. The van der Waals surface area contributed by atoms with Gasteiger partial charge in [0.2, 0.25) is 0 Å². The average molecular weight is 313 g/mol. The van der Waals surface area contributed by atoms with Crippen LogP contribution in [-0.4, -0.2) is 13.5 Å². The molecule has 23 heavy (non-hydrogen) atoms. The molecule has 0 amide bonds. The van der Waals surface area contributed by atoms with Crippen LogP contribution in [0.5, 0.6) is 0 Å². The Balaban J connectivity index is 1.92. The standard InChI is InChI=1S/C19H19FN2O/c1-22-10-2-9-19(16-4-6-17(20)7-5-16)18-8-3-14(12-21)11-15(18)13-23-19/h3-8,11,22H,2,9-10,13H2,1H3/i1D3. The van der Waals surface area contributed by atoms with Crippen LogP contribution in [0.25, 0.3) is 0 Å². The third-order valence-electron chi connectivity index (χ3n) is 4.28. The Kier molecular flexibility index (Phi) is 3.45. The zero-order valence-corrected chi connectivity index (χ0v) is 12.6. The van der Waals surface area contributed by atoms with Crippen LogP contribution in [0.2, 0.25) is 0 Å². The third-order valence-corrected chi connectivity index (χ3v) is 4.28. The zero-order chi connectivity index (χ0) is 18.8. The van der Waals surface area contributed by atoms with Gasteiger partial charge in [0.1, 0.15) is 11.4 Å². The van der Waals surface area contributed by atoms with E-state index in [1.54, 1.807) is 24.3 Å². The van der Waals surface area contributed by atoms with E-state index in [1.165, 1.54) is 12.1 Å². The van der Waals surface area contributed by atoms with Crippen molar-refractivity contribution in [3.05, 3.63) is 70.5 Å². The lowest BCUT2D eigenvalue weighted by Crippen LogP contribution is -2.28. The molecule has 0 fully saturated rings. The van der Waals surface area contributed by atoms with Crippen LogP contribution >= 0.6 is 0 Å². The molecule has 0 saturated heterocycles. The van der Waals surface area contributed by atoms with E-state index >= 15 is 0 Å². The highest BCUT2D eigenvalue weighted by Gasteiger charge is 2.41. The van der Waals surface area contributed by atoms with Gasteiger partial charge < -0.3 is 10.1 Å². The molecule has 0 spiro atoms.